The molecule has 0 radical (unpaired) electrons. The van der Waals surface area contributed by atoms with E-state index < -0.39 is 30.7 Å². The Morgan fingerprint density at radius 2 is 1.33 bits per heavy atom. The minimum absolute atomic E-state index is 0.0317. The Morgan fingerprint density at radius 3 is 1.96 bits per heavy atom. The van der Waals surface area contributed by atoms with Gasteiger partial charge in [-0.05, 0) is 110 Å². The zero-order chi connectivity index (χ0) is 52.0. The molecule has 0 spiro atoms. The summed E-state index contributed by atoms with van der Waals surface area (Å²) in [7, 11) is -4.07. The first-order valence-electron chi connectivity index (χ1n) is 29.2. The topological polar surface area (TPSA) is 119 Å². The molecule has 6 bridgehead atoms. The van der Waals surface area contributed by atoms with Crippen molar-refractivity contribution in [3.05, 3.63) is 37.0 Å². The van der Waals surface area contributed by atoms with Crippen LogP contribution in [-0.4, -0.2) is 142 Å². The van der Waals surface area contributed by atoms with Gasteiger partial charge in [-0.15, -0.1) is 6.58 Å². The molecule has 0 aromatic rings. The predicted octanol–water partition coefficient (Wildman–Crippen LogP) is 12.2. The standard InChI is InChI=1S/C57H100O12Si3/c1-15-25-46-53(69-72(22-8,23-9)24-10)56-55-54(64-46)52-50(65-55)36-57(66-52,67-56)30-28-42-33-39(12)45(61-42)27-26-41-32-38(11)40(13)47(62-41)35-48-44(29-31-58)51(59-14)49(63-48)34-43(68-71(19-5,20-6)21-7)37-60-70(16-2,17-3)18-4/h15,31,38,41-56H,1,12-13,16-30,32-37H2,2-11,14H3/t38-,41+,42+,43+,44+,45+,46+,47-,48+,49-,50+,51-,52+,53+,54-,55+,56-,57+/m1/s1. The zero-order valence-electron chi connectivity index (χ0n) is 46.8. The van der Waals surface area contributed by atoms with Gasteiger partial charge in [0.1, 0.15) is 36.8 Å². The van der Waals surface area contributed by atoms with E-state index in [2.05, 4.69) is 89.0 Å². The molecule has 12 nitrogen and oxygen atoms in total. The van der Waals surface area contributed by atoms with Crippen molar-refractivity contribution in [1.82, 2.24) is 0 Å². The van der Waals surface area contributed by atoms with Crippen LogP contribution < -0.4 is 0 Å². The van der Waals surface area contributed by atoms with Crippen molar-refractivity contribution in [3.63, 3.8) is 0 Å². The third-order valence-corrected chi connectivity index (χ3v) is 33.6. The number of aldehydes is 1. The van der Waals surface area contributed by atoms with E-state index in [4.69, 9.17) is 51.2 Å². The monoisotopic (exact) mass is 1060 g/mol. The predicted molar refractivity (Wildman–Crippen MR) is 292 cm³/mol. The smallest absolute Gasteiger partial charge is 0.192 e. The maximum absolute atomic E-state index is 12.3. The summed E-state index contributed by atoms with van der Waals surface area (Å²) in [5.41, 5.74) is 2.25. The first-order valence-corrected chi connectivity index (χ1v) is 36.8. The fraction of sp³-hybridized carbons (Fsp3) is 0.877. The van der Waals surface area contributed by atoms with Crippen LogP contribution in [0, 0.1) is 11.8 Å². The van der Waals surface area contributed by atoms with Crippen LogP contribution in [-0.2, 0) is 56.0 Å². The molecule has 0 amide bonds. The van der Waals surface area contributed by atoms with Gasteiger partial charge < -0.3 is 56.0 Å². The summed E-state index contributed by atoms with van der Waals surface area (Å²) >= 11 is 0. The SMILES string of the molecule is C=CC[C@@H]1O[C@H]2[C@@H]3O[C@H]4C[C@](CC[C@H]5CC(=C)[C@H](CC[C@H]6C[C@@H](C)C(=C)[C@@H](C[C@@H]7O[C@H](C[C@@H](CO[Si](CC)(CC)CC)O[Si](CC)(CC)CC)[C@H](OC)[C@H]7CC=O)O6)O5)(O[C@@H]3[C@H]1O[Si](CC)(CC)CC)O[C@H]24. The average molecular weight is 1060 g/mol. The summed E-state index contributed by atoms with van der Waals surface area (Å²) in [4.78, 5) is 12.3. The molecule has 72 heavy (non-hydrogen) atoms. The van der Waals surface area contributed by atoms with Gasteiger partial charge in [-0.25, -0.2) is 0 Å². The van der Waals surface area contributed by atoms with Gasteiger partial charge in [0.05, 0.1) is 67.6 Å². The average Bonchev–Trinajstić information content (AvgIpc) is 4.08. The van der Waals surface area contributed by atoms with E-state index in [9.17, 15) is 4.79 Å². The molecule has 0 N–H and O–H groups in total. The third kappa shape index (κ3) is 12.5. The van der Waals surface area contributed by atoms with Crippen LogP contribution in [0.4, 0.5) is 0 Å². The zero-order valence-corrected chi connectivity index (χ0v) is 49.8. The summed E-state index contributed by atoms with van der Waals surface area (Å²) in [5, 5.41) is 0. The van der Waals surface area contributed by atoms with Crippen LogP contribution in [0.5, 0.6) is 0 Å². The molecular weight excluding hydrogens is 961 g/mol. The summed E-state index contributed by atoms with van der Waals surface area (Å²) in [6.45, 7) is 36.6. The summed E-state index contributed by atoms with van der Waals surface area (Å²) < 4.78 is 76.3. The lowest BCUT2D eigenvalue weighted by atomic mass is 9.82. The highest BCUT2D eigenvalue weighted by molar-refractivity contribution is 6.74. The summed E-state index contributed by atoms with van der Waals surface area (Å²) in [5.74, 6) is -0.573. The van der Waals surface area contributed by atoms with Crippen LogP contribution in [0.15, 0.2) is 37.0 Å². The van der Waals surface area contributed by atoms with Gasteiger partial charge in [0.25, 0.3) is 0 Å². The molecule has 8 heterocycles. The van der Waals surface area contributed by atoms with E-state index >= 15 is 0 Å². The second kappa shape index (κ2) is 25.7. The maximum atomic E-state index is 12.3. The lowest BCUT2D eigenvalue weighted by Crippen LogP contribution is -2.62. The number of hydrogen-bond acceptors (Lipinski definition) is 12. The van der Waals surface area contributed by atoms with Gasteiger partial charge in [0.15, 0.2) is 30.7 Å². The Morgan fingerprint density at radius 1 is 0.694 bits per heavy atom. The highest BCUT2D eigenvalue weighted by Gasteiger charge is 2.68. The molecule has 0 unspecified atom stereocenters. The first kappa shape index (κ1) is 58.8. The van der Waals surface area contributed by atoms with Crippen LogP contribution in [0.25, 0.3) is 0 Å². The van der Waals surface area contributed by atoms with Crippen LogP contribution in [0.3, 0.4) is 0 Å². The Balaban J connectivity index is 0.962. The number of carbonyl (C=O) groups is 1. The number of methoxy groups -OCH3 is 1. The lowest BCUT2D eigenvalue weighted by Gasteiger charge is -2.47. The molecule has 0 saturated carbocycles. The molecule has 0 aliphatic carbocycles. The van der Waals surface area contributed by atoms with Crippen LogP contribution >= 0.6 is 0 Å². The van der Waals surface area contributed by atoms with Crippen molar-refractivity contribution in [2.45, 2.75) is 292 Å². The fourth-order valence-corrected chi connectivity index (χ4v) is 22.5. The minimum Gasteiger partial charge on any atom is -0.414 e. The number of carbonyl (C=O) groups excluding carboxylic acids is 1. The number of ether oxygens (including phenoxy) is 8. The Labute approximate surface area is 439 Å². The second-order valence-electron chi connectivity index (χ2n) is 23.1. The highest BCUT2D eigenvalue weighted by atomic mass is 28.4. The molecule has 8 rings (SSSR count). The van der Waals surface area contributed by atoms with Gasteiger partial charge in [-0.1, -0.05) is 88.5 Å². The molecule has 0 aromatic carbocycles. The molecule has 8 aliphatic heterocycles. The van der Waals surface area contributed by atoms with E-state index in [0.717, 1.165) is 104 Å². The van der Waals surface area contributed by atoms with E-state index in [1.54, 1.807) is 7.11 Å². The fourth-order valence-electron chi connectivity index (χ4n) is 14.2. The number of rotatable bonds is 31. The Hall–Kier alpha value is -0.899. The largest absolute Gasteiger partial charge is 0.414 e. The summed E-state index contributed by atoms with van der Waals surface area (Å²) in [6.07, 6.45) is 8.89. The van der Waals surface area contributed by atoms with Gasteiger partial charge >= 0.3 is 0 Å². The third-order valence-electron chi connectivity index (χ3n) is 19.6. The molecule has 18 atom stereocenters. The van der Waals surface area contributed by atoms with Crippen LogP contribution in [0.2, 0.25) is 54.4 Å². The van der Waals surface area contributed by atoms with Crippen molar-refractivity contribution < 1.29 is 56.0 Å². The van der Waals surface area contributed by atoms with Gasteiger partial charge in [0, 0.05) is 45.1 Å². The minimum atomic E-state index is -2.00. The molecule has 8 fully saturated rings. The van der Waals surface area contributed by atoms with Crippen molar-refractivity contribution in [1.29, 1.82) is 0 Å². The van der Waals surface area contributed by atoms with E-state index in [1.165, 1.54) is 0 Å². The lowest BCUT2D eigenvalue weighted by molar-refractivity contribution is -0.271. The van der Waals surface area contributed by atoms with Crippen molar-refractivity contribution in [2.24, 2.45) is 11.8 Å². The molecule has 8 aliphatic rings. The van der Waals surface area contributed by atoms with Gasteiger partial charge in [-0.2, -0.15) is 0 Å². The van der Waals surface area contributed by atoms with Gasteiger partial charge in [0.2, 0.25) is 0 Å². The molecule has 15 heteroatoms. The molecule has 0 aromatic heterocycles. The van der Waals surface area contributed by atoms with Gasteiger partial charge in [-0.3, -0.25) is 0 Å². The highest BCUT2D eigenvalue weighted by Crippen LogP contribution is 2.54. The molecule has 412 valence electrons. The summed E-state index contributed by atoms with van der Waals surface area (Å²) in [6, 6.07) is 9.65. The van der Waals surface area contributed by atoms with Crippen molar-refractivity contribution in [3.8, 4) is 0 Å². The van der Waals surface area contributed by atoms with Crippen LogP contribution in [0.1, 0.15) is 140 Å². The number of hydrogen-bond donors (Lipinski definition) is 0. The van der Waals surface area contributed by atoms with E-state index in [-0.39, 0.29) is 103 Å². The first-order chi connectivity index (χ1) is 34.6. The normalized spacial score (nSPS) is 38.2. The Bertz CT molecular complexity index is 1750. The molecular formula is C57H100O12Si3. The Kier molecular flexibility index (Phi) is 21.0. The van der Waals surface area contributed by atoms with E-state index in [0.29, 0.717) is 45.1 Å². The van der Waals surface area contributed by atoms with E-state index in [1.807, 2.05) is 6.08 Å². The van der Waals surface area contributed by atoms with Crippen molar-refractivity contribution >= 4 is 31.2 Å². The second-order valence-corrected chi connectivity index (χ2v) is 37.3. The quantitative estimate of drug-likeness (QED) is 0.0374. The van der Waals surface area contributed by atoms with Crippen molar-refractivity contribution in [2.75, 3.05) is 13.7 Å². The molecule has 8 saturated heterocycles. The maximum Gasteiger partial charge on any atom is 0.192 e.